The van der Waals surface area contributed by atoms with Crippen molar-refractivity contribution in [3.8, 4) is 0 Å². The van der Waals surface area contributed by atoms with Gasteiger partial charge in [-0.3, -0.25) is 18.7 Å². The number of carbonyl (C=O) groups is 1. The molecule has 216 valence electrons. The van der Waals surface area contributed by atoms with Crippen LogP contribution >= 0.6 is 15.9 Å². The molecule has 0 amide bonds. The van der Waals surface area contributed by atoms with E-state index in [1.165, 1.54) is 6.92 Å². The van der Waals surface area contributed by atoms with Crippen molar-refractivity contribution in [1.82, 2.24) is 9.13 Å². The maximum atomic E-state index is 14.6. The molecule has 0 aliphatic carbocycles. The number of nitrogens with zero attached hydrogens (tertiary/aromatic N) is 2. The summed E-state index contributed by atoms with van der Waals surface area (Å²) in [6.07, 6.45) is -1.87. The zero-order valence-electron chi connectivity index (χ0n) is 22.3. The van der Waals surface area contributed by atoms with Gasteiger partial charge in [0.1, 0.15) is 10.3 Å². The fourth-order valence-corrected chi connectivity index (χ4v) is 5.07. The summed E-state index contributed by atoms with van der Waals surface area (Å²) in [5, 5.41) is 0. The van der Waals surface area contributed by atoms with Crippen LogP contribution in [-0.4, -0.2) is 21.7 Å². The molecule has 0 saturated carbocycles. The van der Waals surface area contributed by atoms with Crippen LogP contribution in [-0.2, 0) is 28.8 Å². The molecule has 0 spiro atoms. The molecule has 1 atom stereocenters. The second-order valence-electron chi connectivity index (χ2n) is 9.46. The molecule has 1 heterocycles. The molecule has 0 saturated heterocycles. The third kappa shape index (κ3) is 7.71. The molecule has 11 heteroatoms. The van der Waals surface area contributed by atoms with Crippen molar-refractivity contribution in [2.75, 3.05) is 6.61 Å². The zero-order chi connectivity index (χ0) is 29.4. The van der Waals surface area contributed by atoms with Crippen LogP contribution in [0.4, 0.5) is 17.6 Å². The highest BCUT2D eigenvalue weighted by Crippen LogP contribution is 2.33. The van der Waals surface area contributed by atoms with E-state index in [-0.39, 0.29) is 28.6 Å². The van der Waals surface area contributed by atoms with Crippen LogP contribution in [0.2, 0.25) is 0 Å². The SMILES string of the molecule is CCOC(=O)CCCCC[C@@H](Cn1c(=O)c(Br)c(C)n(Cc2c(F)cccc2C(F)(F)F)c1=O)c1ccccc1. The highest BCUT2D eigenvalue weighted by atomic mass is 79.9. The van der Waals surface area contributed by atoms with Gasteiger partial charge < -0.3 is 4.74 Å². The van der Waals surface area contributed by atoms with Crippen molar-refractivity contribution >= 4 is 21.9 Å². The lowest BCUT2D eigenvalue weighted by molar-refractivity contribution is -0.143. The molecular weight excluding hydrogens is 596 g/mol. The average molecular weight is 627 g/mol. The molecule has 0 fully saturated rings. The number of hydrogen-bond acceptors (Lipinski definition) is 4. The molecule has 0 aliphatic rings. The molecule has 6 nitrogen and oxygen atoms in total. The van der Waals surface area contributed by atoms with E-state index in [4.69, 9.17) is 4.74 Å². The Bertz CT molecular complexity index is 1430. The number of hydrogen-bond donors (Lipinski definition) is 0. The molecule has 3 rings (SSSR count). The summed E-state index contributed by atoms with van der Waals surface area (Å²) in [6.45, 7) is 2.76. The first-order chi connectivity index (χ1) is 19.0. The van der Waals surface area contributed by atoms with Gasteiger partial charge in [-0.15, -0.1) is 0 Å². The number of benzene rings is 2. The molecule has 0 radical (unpaired) electrons. The van der Waals surface area contributed by atoms with Crippen molar-refractivity contribution < 1.29 is 27.1 Å². The minimum atomic E-state index is -4.83. The van der Waals surface area contributed by atoms with Crippen molar-refractivity contribution in [1.29, 1.82) is 0 Å². The minimum absolute atomic E-state index is 0.0123. The number of alkyl halides is 3. The van der Waals surface area contributed by atoms with Crippen LogP contribution in [0.5, 0.6) is 0 Å². The second kappa shape index (κ2) is 13.9. The van der Waals surface area contributed by atoms with E-state index in [0.29, 0.717) is 32.3 Å². The third-order valence-electron chi connectivity index (χ3n) is 6.77. The number of carbonyl (C=O) groups excluding carboxylic acids is 1. The monoisotopic (exact) mass is 626 g/mol. The lowest BCUT2D eigenvalue weighted by atomic mass is 9.92. The standard InChI is InChI=1S/C29H31BrF4N2O4/c1-3-40-25(37)16-9-5-8-13-21(20-11-6-4-7-12-20)17-36-27(38)26(30)19(2)35(28(36)39)18-22-23(29(32,33)34)14-10-15-24(22)31/h4,6-7,10-12,14-15,21H,3,5,8-9,13,16-18H2,1-2H3/t21-/m0/s1. The highest BCUT2D eigenvalue weighted by Gasteiger charge is 2.35. The Morgan fingerprint density at radius 2 is 1.70 bits per heavy atom. The molecule has 1 aromatic heterocycles. The van der Waals surface area contributed by atoms with Crippen LogP contribution in [0.3, 0.4) is 0 Å². The average Bonchev–Trinajstić information content (AvgIpc) is 2.91. The Labute approximate surface area is 237 Å². The van der Waals surface area contributed by atoms with Gasteiger partial charge in [-0.25, -0.2) is 9.18 Å². The van der Waals surface area contributed by atoms with E-state index in [2.05, 4.69) is 15.9 Å². The fourth-order valence-electron chi connectivity index (χ4n) is 4.64. The lowest BCUT2D eigenvalue weighted by Gasteiger charge is -2.22. The Morgan fingerprint density at radius 1 is 1.00 bits per heavy atom. The normalized spacial score (nSPS) is 12.4. The first-order valence-corrected chi connectivity index (χ1v) is 13.8. The number of esters is 1. The summed E-state index contributed by atoms with van der Waals surface area (Å²) in [5.41, 5.74) is -2.33. The second-order valence-corrected chi connectivity index (χ2v) is 10.3. The van der Waals surface area contributed by atoms with Gasteiger partial charge in [0.05, 0.1) is 18.7 Å². The van der Waals surface area contributed by atoms with Crippen molar-refractivity contribution in [2.45, 2.75) is 71.1 Å². The number of halogens is 5. The molecule has 40 heavy (non-hydrogen) atoms. The van der Waals surface area contributed by atoms with Crippen LogP contribution in [0.25, 0.3) is 0 Å². The smallest absolute Gasteiger partial charge is 0.416 e. The number of unbranched alkanes of at least 4 members (excludes halogenated alkanes) is 2. The summed E-state index contributed by atoms with van der Waals surface area (Å²) in [6, 6.07) is 11.9. The Kier molecular flexibility index (Phi) is 10.9. The maximum absolute atomic E-state index is 14.6. The van der Waals surface area contributed by atoms with Crippen molar-refractivity contribution in [3.05, 3.63) is 102 Å². The van der Waals surface area contributed by atoms with Gasteiger partial charge in [-0.2, -0.15) is 13.2 Å². The quantitative estimate of drug-likeness (QED) is 0.129. The van der Waals surface area contributed by atoms with E-state index in [0.717, 1.165) is 39.3 Å². The van der Waals surface area contributed by atoms with Gasteiger partial charge in [0.2, 0.25) is 0 Å². The van der Waals surface area contributed by atoms with Gasteiger partial charge in [0.25, 0.3) is 5.56 Å². The van der Waals surface area contributed by atoms with Crippen LogP contribution in [0, 0.1) is 12.7 Å². The Balaban J connectivity index is 1.95. The summed E-state index contributed by atoms with van der Waals surface area (Å²) in [5.74, 6) is -1.63. The zero-order valence-corrected chi connectivity index (χ0v) is 23.9. The van der Waals surface area contributed by atoms with E-state index < -0.39 is 40.9 Å². The summed E-state index contributed by atoms with van der Waals surface area (Å²) in [7, 11) is 0. The third-order valence-corrected chi connectivity index (χ3v) is 7.68. The molecule has 3 aromatic rings. The molecule has 0 aliphatic heterocycles. The summed E-state index contributed by atoms with van der Waals surface area (Å²) in [4.78, 5) is 38.4. The number of aromatic nitrogens is 2. The van der Waals surface area contributed by atoms with Crippen molar-refractivity contribution in [3.63, 3.8) is 0 Å². The highest BCUT2D eigenvalue weighted by molar-refractivity contribution is 9.10. The largest absolute Gasteiger partial charge is 0.466 e. The molecule has 2 aromatic carbocycles. The van der Waals surface area contributed by atoms with Gasteiger partial charge in [-0.05, 0) is 60.3 Å². The molecule has 0 bridgehead atoms. The maximum Gasteiger partial charge on any atom is 0.416 e. The molecule has 0 unspecified atom stereocenters. The van der Waals surface area contributed by atoms with E-state index in [9.17, 15) is 31.9 Å². The van der Waals surface area contributed by atoms with Crippen molar-refractivity contribution in [2.24, 2.45) is 0 Å². The summed E-state index contributed by atoms with van der Waals surface area (Å²) >= 11 is 3.20. The Hall–Kier alpha value is -3.21. The van der Waals surface area contributed by atoms with Gasteiger partial charge in [0, 0.05) is 30.1 Å². The van der Waals surface area contributed by atoms with Gasteiger partial charge in [-0.1, -0.05) is 49.2 Å². The predicted molar refractivity (Wildman–Crippen MR) is 147 cm³/mol. The van der Waals surface area contributed by atoms with Gasteiger partial charge >= 0.3 is 17.8 Å². The fraction of sp³-hybridized carbons (Fsp3) is 0.414. The number of ether oxygens (including phenoxy) is 1. The van der Waals surface area contributed by atoms with E-state index in [1.807, 2.05) is 30.3 Å². The minimum Gasteiger partial charge on any atom is -0.466 e. The van der Waals surface area contributed by atoms with Crippen LogP contribution in [0.1, 0.15) is 67.3 Å². The van der Waals surface area contributed by atoms with E-state index in [1.54, 1.807) is 6.92 Å². The molecule has 0 N–H and O–H groups in total. The van der Waals surface area contributed by atoms with E-state index >= 15 is 0 Å². The Morgan fingerprint density at radius 3 is 2.35 bits per heavy atom. The topological polar surface area (TPSA) is 70.3 Å². The number of rotatable bonds is 12. The summed E-state index contributed by atoms with van der Waals surface area (Å²) < 4.78 is 62.4. The first kappa shape index (κ1) is 31.3. The first-order valence-electron chi connectivity index (χ1n) is 13.0. The van der Waals surface area contributed by atoms with Crippen LogP contribution < -0.4 is 11.2 Å². The van der Waals surface area contributed by atoms with Crippen LogP contribution in [0.15, 0.2) is 62.6 Å². The predicted octanol–water partition coefficient (Wildman–Crippen LogP) is 6.58. The lowest BCUT2D eigenvalue weighted by Crippen LogP contribution is -2.43. The van der Waals surface area contributed by atoms with Gasteiger partial charge in [0.15, 0.2) is 0 Å². The molecular formula is C29H31BrF4N2O4.